The van der Waals surface area contributed by atoms with Crippen LogP contribution in [-0.2, 0) is 6.54 Å². The van der Waals surface area contributed by atoms with Crippen molar-refractivity contribution in [3.63, 3.8) is 0 Å². The van der Waals surface area contributed by atoms with E-state index in [0.717, 1.165) is 15.8 Å². The first kappa shape index (κ1) is 21.1. The van der Waals surface area contributed by atoms with Gasteiger partial charge in [-0.25, -0.2) is 4.98 Å². The van der Waals surface area contributed by atoms with Gasteiger partial charge in [-0.1, -0.05) is 39.7 Å². The van der Waals surface area contributed by atoms with E-state index in [1.54, 1.807) is 38.3 Å². The Hall–Kier alpha value is -2.64. The number of hydrogen-bond acceptors (Lipinski definition) is 5. The average molecular weight is 478 g/mol. The van der Waals surface area contributed by atoms with Crippen molar-refractivity contribution >= 4 is 33.3 Å². The summed E-state index contributed by atoms with van der Waals surface area (Å²) in [5.74, 6) is 0.495. The van der Waals surface area contributed by atoms with E-state index < -0.39 is 5.56 Å². The Kier molecular flexibility index (Phi) is 6.39. The molecule has 0 aliphatic carbocycles. The first-order chi connectivity index (χ1) is 13.8. The predicted molar refractivity (Wildman–Crippen MR) is 115 cm³/mol. The maximum atomic E-state index is 13.1. The number of ketones is 1. The van der Waals surface area contributed by atoms with E-state index in [2.05, 4.69) is 20.9 Å². The summed E-state index contributed by atoms with van der Waals surface area (Å²) in [7, 11) is 1.59. The molecule has 0 fully saturated rings. The number of carbonyl (C=O) groups excluding carboxylic acids is 1. The van der Waals surface area contributed by atoms with Crippen molar-refractivity contribution < 1.29 is 14.3 Å². The van der Waals surface area contributed by atoms with E-state index in [0.29, 0.717) is 16.3 Å². The van der Waals surface area contributed by atoms with Crippen LogP contribution in [-0.4, -0.2) is 22.4 Å². The average Bonchev–Trinajstić information content (AvgIpc) is 2.67. The number of aromatic nitrogens is 2. The van der Waals surface area contributed by atoms with Crippen LogP contribution in [0.1, 0.15) is 28.5 Å². The lowest BCUT2D eigenvalue weighted by Gasteiger charge is -2.14. The summed E-state index contributed by atoms with van der Waals surface area (Å²) in [6.45, 7) is 3.39. The number of methoxy groups -OCH3 is 1. The smallest absolute Gasteiger partial charge is 0.297 e. The highest BCUT2D eigenvalue weighted by atomic mass is 79.9. The van der Waals surface area contributed by atoms with E-state index in [9.17, 15) is 9.59 Å². The largest absolute Gasteiger partial charge is 0.497 e. The SMILES string of the molecule is COc1ccc(Cn2cnc(C(C)=O)c(Oc3c(C)cc(Br)cc3Cl)c2=O)cc1. The zero-order chi connectivity index (χ0) is 21.1. The Bertz CT molecular complexity index is 1100. The Morgan fingerprint density at radius 1 is 1.21 bits per heavy atom. The number of carbonyl (C=O) groups is 1. The zero-order valence-electron chi connectivity index (χ0n) is 16.0. The number of aryl methyl sites for hydroxylation is 1. The minimum atomic E-state index is -0.473. The third kappa shape index (κ3) is 4.68. The molecule has 0 saturated heterocycles. The second-order valence-electron chi connectivity index (χ2n) is 6.40. The molecule has 2 aromatic carbocycles. The zero-order valence-corrected chi connectivity index (χ0v) is 18.4. The summed E-state index contributed by atoms with van der Waals surface area (Å²) in [6.07, 6.45) is 1.34. The molecule has 0 N–H and O–H groups in total. The molecule has 0 amide bonds. The highest BCUT2D eigenvalue weighted by Crippen LogP contribution is 2.35. The fraction of sp³-hybridized carbons (Fsp3) is 0.190. The van der Waals surface area contributed by atoms with Crippen LogP contribution in [0.25, 0.3) is 0 Å². The molecule has 1 heterocycles. The lowest BCUT2D eigenvalue weighted by atomic mass is 10.2. The number of halogens is 2. The second kappa shape index (κ2) is 8.80. The maximum absolute atomic E-state index is 13.1. The minimum Gasteiger partial charge on any atom is -0.497 e. The van der Waals surface area contributed by atoms with Gasteiger partial charge in [-0.05, 0) is 42.3 Å². The summed E-state index contributed by atoms with van der Waals surface area (Å²) < 4.78 is 13.2. The minimum absolute atomic E-state index is 0.0423. The number of nitrogens with zero attached hydrogens (tertiary/aromatic N) is 2. The molecule has 150 valence electrons. The predicted octanol–water partition coefficient (Wildman–Crippen LogP) is 5.02. The lowest BCUT2D eigenvalue weighted by Crippen LogP contribution is -2.25. The summed E-state index contributed by atoms with van der Waals surface area (Å²) in [6, 6.07) is 10.8. The standard InChI is InChI=1S/C21H18BrClN2O4/c1-12-8-15(22)9-17(23)19(12)29-20-18(13(2)26)24-11-25(21(20)27)10-14-4-6-16(28-3)7-5-14/h4-9,11H,10H2,1-3H3. The quantitative estimate of drug-likeness (QED) is 0.466. The van der Waals surface area contributed by atoms with Crippen molar-refractivity contribution in [3.8, 4) is 17.2 Å². The Morgan fingerprint density at radius 2 is 1.90 bits per heavy atom. The van der Waals surface area contributed by atoms with Crippen LogP contribution in [0.2, 0.25) is 5.02 Å². The molecule has 0 spiro atoms. The first-order valence-corrected chi connectivity index (χ1v) is 9.84. The van der Waals surface area contributed by atoms with E-state index in [1.165, 1.54) is 17.8 Å². The Balaban J connectivity index is 2.04. The van der Waals surface area contributed by atoms with Gasteiger partial charge in [-0.15, -0.1) is 0 Å². The highest BCUT2D eigenvalue weighted by Gasteiger charge is 2.20. The molecule has 0 aliphatic rings. The second-order valence-corrected chi connectivity index (χ2v) is 7.72. The van der Waals surface area contributed by atoms with Crippen LogP contribution in [0.15, 0.2) is 52.0 Å². The monoisotopic (exact) mass is 476 g/mol. The summed E-state index contributed by atoms with van der Waals surface area (Å²) in [5, 5.41) is 0.316. The van der Waals surface area contributed by atoms with Gasteiger partial charge in [0.05, 0.1) is 25.0 Å². The van der Waals surface area contributed by atoms with Crippen molar-refractivity contribution in [1.82, 2.24) is 9.55 Å². The van der Waals surface area contributed by atoms with E-state index in [4.69, 9.17) is 21.1 Å². The van der Waals surface area contributed by atoms with Crippen LogP contribution in [0, 0.1) is 6.92 Å². The van der Waals surface area contributed by atoms with Crippen molar-refractivity contribution in [1.29, 1.82) is 0 Å². The van der Waals surface area contributed by atoms with Gasteiger partial charge in [0.25, 0.3) is 5.56 Å². The molecule has 3 aromatic rings. The number of Topliss-reactive ketones (excluding diaryl/α,β-unsaturated/α-hetero) is 1. The lowest BCUT2D eigenvalue weighted by molar-refractivity contribution is 0.101. The fourth-order valence-corrected chi connectivity index (χ4v) is 3.78. The molecule has 0 radical (unpaired) electrons. The molecule has 0 atom stereocenters. The molecule has 1 aromatic heterocycles. The molecule has 3 rings (SSSR count). The Labute approximate surface area is 181 Å². The van der Waals surface area contributed by atoms with Crippen molar-refractivity contribution in [2.75, 3.05) is 7.11 Å². The van der Waals surface area contributed by atoms with E-state index >= 15 is 0 Å². The third-order valence-electron chi connectivity index (χ3n) is 4.24. The molecule has 0 unspecified atom stereocenters. The van der Waals surface area contributed by atoms with Gasteiger partial charge in [0.2, 0.25) is 5.75 Å². The van der Waals surface area contributed by atoms with Crippen LogP contribution in [0.4, 0.5) is 0 Å². The van der Waals surface area contributed by atoms with Gasteiger partial charge in [0.15, 0.2) is 11.5 Å². The molecule has 8 heteroatoms. The molecule has 29 heavy (non-hydrogen) atoms. The number of rotatable bonds is 6. The number of ether oxygens (including phenoxy) is 2. The molecular weight excluding hydrogens is 460 g/mol. The molecular formula is C21H18BrClN2O4. The normalized spacial score (nSPS) is 10.7. The molecule has 0 saturated carbocycles. The van der Waals surface area contributed by atoms with Gasteiger partial charge in [-0.3, -0.25) is 14.2 Å². The van der Waals surface area contributed by atoms with E-state index in [-0.39, 0.29) is 23.8 Å². The Morgan fingerprint density at radius 3 is 2.48 bits per heavy atom. The summed E-state index contributed by atoms with van der Waals surface area (Å²) >= 11 is 9.65. The molecule has 0 aliphatic heterocycles. The summed E-state index contributed by atoms with van der Waals surface area (Å²) in [4.78, 5) is 29.3. The molecule has 6 nitrogen and oxygen atoms in total. The van der Waals surface area contributed by atoms with Gasteiger partial charge in [-0.2, -0.15) is 0 Å². The number of benzene rings is 2. The van der Waals surface area contributed by atoms with Crippen molar-refractivity contribution in [2.45, 2.75) is 20.4 Å². The van der Waals surface area contributed by atoms with Crippen LogP contribution >= 0.6 is 27.5 Å². The highest BCUT2D eigenvalue weighted by molar-refractivity contribution is 9.10. The van der Waals surface area contributed by atoms with Gasteiger partial charge < -0.3 is 9.47 Å². The van der Waals surface area contributed by atoms with Crippen LogP contribution in [0.5, 0.6) is 17.2 Å². The van der Waals surface area contributed by atoms with Crippen molar-refractivity contribution in [2.24, 2.45) is 0 Å². The topological polar surface area (TPSA) is 70.4 Å². The van der Waals surface area contributed by atoms with Crippen LogP contribution in [0.3, 0.4) is 0 Å². The van der Waals surface area contributed by atoms with Gasteiger partial charge in [0, 0.05) is 11.4 Å². The van der Waals surface area contributed by atoms with Crippen molar-refractivity contribution in [3.05, 3.63) is 79.4 Å². The van der Waals surface area contributed by atoms with Gasteiger partial charge >= 0.3 is 0 Å². The fourth-order valence-electron chi connectivity index (χ4n) is 2.77. The number of hydrogen-bond donors (Lipinski definition) is 0. The van der Waals surface area contributed by atoms with Crippen LogP contribution < -0.4 is 15.0 Å². The third-order valence-corrected chi connectivity index (χ3v) is 4.98. The first-order valence-electron chi connectivity index (χ1n) is 8.67. The maximum Gasteiger partial charge on any atom is 0.297 e. The summed E-state index contributed by atoms with van der Waals surface area (Å²) in [5.41, 5.74) is 1.07. The van der Waals surface area contributed by atoms with E-state index in [1.807, 2.05) is 12.1 Å². The molecule has 0 bridgehead atoms. The van der Waals surface area contributed by atoms with Gasteiger partial charge in [0.1, 0.15) is 11.5 Å².